The number of hydrogen-bond acceptors (Lipinski definition) is 5. The third-order valence-corrected chi connectivity index (χ3v) is 4.57. The lowest BCUT2D eigenvalue weighted by atomic mass is 10.3. The minimum absolute atomic E-state index is 0. The molecule has 0 fully saturated rings. The normalized spacial score (nSPS) is 10.6. The van der Waals surface area contributed by atoms with Crippen LogP contribution in [-0.2, 0) is 6.54 Å². The van der Waals surface area contributed by atoms with Crippen molar-refractivity contribution >= 4 is 62.7 Å². The number of aliphatic hydroxyl groups is 1. The second kappa shape index (κ2) is 8.62. The molecule has 3 aromatic rings. The lowest BCUT2D eigenvalue weighted by molar-refractivity contribution is 0.0978. The van der Waals surface area contributed by atoms with Crippen LogP contribution in [-0.4, -0.2) is 33.6 Å². The maximum absolute atomic E-state index is 12.4. The number of anilines is 1. The quantitative estimate of drug-likeness (QED) is 0.439. The number of thiophene rings is 1. The van der Waals surface area contributed by atoms with Gasteiger partial charge >= 0.3 is 0 Å². The van der Waals surface area contributed by atoms with E-state index in [4.69, 9.17) is 16.7 Å². The highest BCUT2D eigenvalue weighted by Gasteiger charge is 2.15. The first-order chi connectivity index (χ1) is 11.2. The lowest BCUT2D eigenvalue weighted by Crippen LogP contribution is -2.14. The van der Waals surface area contributed by atoms with Crippen LogP contribution in [0.25, 0.3) is 11.0 Å². The van der Waals surface area contributed by atoms with E-state index in [0.717, 1.165) is 15.9 Å². The molecule has 3 rings (SSSR count). The summed E-state index contributed by atoms with van der Waals surface area (Å²) in [5.41, 5.74) is 1.59. The van der Waals surface area contributed by atoms with E-state index in [0.29, 0.717) is 23.9 Å². The summed E-state index contributed by atoms with van der Waals surface area (Å²) in [4.78, 5) is 17.7. The van der Waals surface area contributed by atoms with E-state index in [-0.39, 0.29) is 35.9 Å². The van der Waals surface area contributed by atoms with Gasteiger partial charge in [0.1, 0.15) is 0 Å². The average molecular weight is 431 g/mol. The molecule has 0 atom stereocenters. The highest BCUT2D eigenvalue weighted by Crippen LogP contribution is 2.24. The van der Waals surface area contributed by atoms with Crippen LogP contribution in [0.4, 0.5) is 5.95 Å². The summed E-state index contributed by atoms with van der Waals surface area (Å²) < 4.78 is 1.85. The van der Waals surface area contributed by atoms with Crippen molar-refractivity contribution in [1.29, 1.82) is 0 Å². The summed E-state index contributed by atoms with van der Waals surface area (Å²) >= 11 is 7.46. The summed E-state index contributed by atoms with van der Waals surface area (Å²) in [5, 5.41) is 14.6. The predicted molar refractivity (Wildman–Crippen MR) is 104 cm³/mol. The van der Waals surface area contributed by atoms with E-state index >= 15 is 0 Å². The molecule has 2 N–H and O–H groups in total. The number of aliphatic hydroxyl groups excluding tert-OH is 1. The highest BCUT2D eigenvalue weighted by atomic mass is 79.9. The highest BCUT2D eigenvalue weighted by molar-refractivity contribution is 8.93. The van der Waals surface area contributed by atoms with Crippen LogP contribution in [0.2, 0.25) is 5.02 Å². The third kappa shape index (κ3) is 4.16. The number of nitrogens with zero attached hydrogens (tertiary/aromatic N) is 2. The summed E-state index contributed by atoms with van der Waals surface area (Å²) in [6.07, 6.45) is 0.614. The molecular formula is C16H17BrClN3O2S. The van der Waals surface area contributed by atoms with Crippen molar-refractivity contribution < 1.29 is 9.90 Å². The van der Waals surface area contributed by atoms with Crippen LogP contribution in [0.5, 0.6) is 0 Å². The first kappa shape index (κ1) is 18.9. The van der Waals surface area contributed by atoms with Gasteiger partial charge in [0.05, 0.1) is 22.5 Å². The van der Waals surface area contributed by atoms with Gasteiger partial charge in [-0.25, -0.2) is 4.98 Å². The number of fused-ring (bicyclic) bond motifs is 1. The van der Waals surface area contributed by atoms with Gasteiger partial charge in [-0.1, -0.05) is 17.7 Å². The molecule has 2 heterocycles. The molecule has 0 saturated heterocycles. The second-order valence-electron chi connectivity index (χ2n) is 5.06. The Morgan fingerprint density at radius 1 is 1.38 bits per heavy atom. The Kier molecular flexibility index (Phi) is 6.79. The molecule has 2 aromatic heterocycles. The van der Waals surface area contributed by atoms with Gasteiger partial charge in [-0.2, -0.15) is 0 Å². The fourth-order valence-corrected chi connectivity index (χ4v) is 3.16. The van der Waals surface area contributed by atoms with Crippen LogP contribution in [0, 0.1) is 0 Å². The second-order valence-corrected chi connectivity index (χ2v) is 6.44. The van der Waals surface area contributed by atoms with Crippen molar-refractivity contribution in [3.8, 4) is 0 Å². The van der Waals surface area contributed by atoms with Crippen LogP contribution in [0.1, 0.15) is 16.1 Å². The Bertz CT molecular complexity index is 820. The molecule has 128 valence electrons. The van der Waals surface area contributed by atoms with Gasteiger partial charge in [0.15, 0.2) is 5.78 Å². The van der Waals surface area contributed by atoms with Crippen molar-refractivity contribution in [3.63, 3.8) is 0 Å². The van der Waals surface area contributed by atoms with E-state index in [1.165, 1.54) is 11.3 Å². The summed E-state index contributed by atoms with van der Waals surface area (Å²) in [6.45, 7) is 0.897. The first-order valence-electron chi connectivity index (χ1n) is 7.26. The minimum atomic E-state index is 0. The summed E-state index contributed by atoms with van der Waals surface area (Å²) in [6, 6.07) is 9.12. The van der Waals surface area contributed by atoms with Crippen LogP contribution < -0.4 is 5.32 Å². The molecule has 0 amide bonds. The predicted octanol–water partition coefficient (Wildman–Crippen LogP) is 4.01. The van der Waals surface area contributed by atoms with Crippen molar-refractivity contribution in [2.75, 3.05) is 18.5 Å². The Labute approximate surface area is 159 Å². The van der Waals surface area contributed by atoms with Crippen molar-refractivity contribution in [3.05, 3.63) is 45.6 Å². The monoisotopic (exact) mass is 429 g/mol. The molecule has 0 bridgehead atoms. The van der Waals surface area contributed by atoms with Crippen molar-refractivity contribution in [2.24, 2.45) is 0 Å². The van der Waals surface area contributed by atoms with E-state index < -0.39 is 0 Å². The Morgan fingerprint density at radius 2 is 2.21 bits per heavy atom. The summed E-state index contributed by atoms with van der Waals surface area (Å²) in [7, 11) is 0. The van der Waals surface area contributed by atoms with Gasteiger partial charge in [0.2, 0.25) is 5.95 Å². The Hall–Kier alpha value is -1.41. The number of benzene rings is 1. The molecule has 0 spiro atoms. The molecular weight excluding hydrogens is 414 g/mol. The standard InChI is InChI=1S/C16H16ClN3O2S.BrH/c17-11-4-5-13-12(9-11)19-16(18-6-2-7-21)20(13)10-14(22)15-3-1-8-23-15;/h1,3-5,8-9,21H,2,6-7,10H2,(H,18,19);1H. The zero-order valence-electron chi connectivity index (χ0n) is 12.7. The SMILES string of the molecule is Br.O=C(Cn1c(NCCCO)nc2cc(Cl)ccc21)c1cccs1. The molecule has 0 radical (unpaired) electrons. The summed E-state index contributed by atoms with van der Waals surface area (Å²) in [5.74, 6) is 0.653. The van der Waals surface area contributed by atoms with Crippen molar-refractivity contribution in [1.82, 2.24) is 9.55 Å². The minimum Gasteiger partial charge on any atom is -0.396 e. The molecule has 0 unspecified atom stereocenters. The number of hydrogen-bond donors (Lipinski definition) is 2. The van der Waals surface area contributed by atoms with Crippen LogP contribution in [0.3, 0.4) is 0 Å². The molecule has 0 aliphatic rings. The number of Topliss-reactive ketones (excluding diaryl/α,β-unsaturated/α-hetero) is 1. The fraction of sp³-hybridized carbons (Fsp3) is 0.250. The van der Waals surface area contributed by atoms with Gasteiger partial charge in [-0.15, -0.1) is 28.3 Å². The van der Waals surface area contributed by atoms with Gasteiger partial charge < -0.3 is 15.0 Å². The Balaban J connectivity index is 0.00000208. The average Bonchev–Trinajstić information content (AvgIpc) is 3.16. The van der Waals surface area contributed by atoms with Gasteiger partial charge in [-0.05, 0) is 36.1 Å². The van der Waals surface area contributed by atoms with Crippen LogP contribution >= 0.6 is 39.9 Å². The number of carbonyl (C=O) groups excluding carboxylic acids is 1. The number of imidazole rings is 1. The maximum Gasteiger partial charge on any atom is 0.204 e. The van der Waals surface area contributed by atoms with Gasteiger partial charge in [0, 0.05) is 18.2 Å². The zero-order valence-corrected chi connectivity index (χ0v) is 16.0. The number of aromatic nitrogens is 2. The maximum atomic E-state index is 12.4. The fourth-order valence-electron chi connectivity index (χ4n) is 2.34. The number of nitrogens with one attached hydrogen (secondary N) is 1. The number of carbonyl (C=O) groups is 1. The van der Waals surface area contributed by atoms with Gasteiger partial charge in [0.25, 0.3) is 0 Å². The third-order valence-electron chi connectivity index (χ3n) is 3.43. The molecule has 0 saturated carbocycles. The molecule has 8 heteroatoms. The van der Waals surface area contributed by atoms with E-state index in [1.54, 1.807) is 12.1 Å². The van der Waals surface area contributed by atoms with E-state index in [9.17, 15) is 4.79 Å². The topological polar surface area (TPSA) is 67.2 Å². The molecule has 1 aromatic carbocycles. The molecule has 0 aliphatic carbocycles. The largest absolute Gasteiger partial charge is 0.396 e. The van der Waals surface area contributed by atoms with E-state index in [2.05, 4.69) is 10.3 Å². The van der Waals surface area contributed by atoms with Gasteiger partial charge in [-0.3, -0.25) is 4.79 Å². The lowest BCUT2D eigenvalue weighted by Gasteiger charge is -2.09. The molecule has 5 nitrogen and oxygen atoms in total. The number of rotatable bonds is 7. The Morgan fingerprint density at radius 3 is 2.92 bits per heavy atom. The molecule has 0 aliphatic heterocycles. The number of halogens is 2. The van der Waals surface area contributed by atoms with Crippen molar-refractivity contribution in [2.45, 2.75) is 13.0 Å². The first-order valence-corrected chi connectivity index (χ1v) is 8.52. The number of ketones is 1. The smallest absolute Gasteiger partial charge is 0.204 e. The zero-order chi connectivity index (χ0) is 16.2. The van der Waals surface area contributed by atoms with E-state index in [1.807, 2.05) is 28.1 Å². The molecule has 24 heavy (non-hydrogen) atoms. The van der Waals surface area contributed by atoms with Crippen LogP contribution in [0.15, 0.2) is 35.7 Å².